The third kappa shape index (κ3) is 7.55. The molecule has 0 aliphatic heterocycles. The molecule has 2 amide bonds. The summed E-state index contributed by atoms with van der Waals surface area (Å²) in [7, 11) is 1.61. The van der Waals surface area contributed by atoms with E-state index in [0.29, 0.717) is 42.0 Å². The van der Waals surface area contributed by atoms with E-state index in [1.165, 1.54) is 0 Å². The summed E-state index contributed by atoms with van der Waals surface area (Å²) in [6.45, 7) is 11.5. The van der Waals surface area contributed by atoms with Crippen LogP contribution in [0.5, 0.6) is 0 Å². The summed E-state index contributed by atoms with van der Waals surface area (Å²) in [5.41, 5.74) is 9.63. The number of fused-ring (bicyclic) bond motifs is 1. The second kappa shape index (κ2) is 13.2. The fourth-order valence-electron chi connectivity index (χ4n) is 4.13. The summed E-state index contributed by atoms with van der Waals surface area (Å²) in [6.07, 6.45) is 2.74. The monoisotopic (exact) mass is 506 g/mol. The van der Waals surface area contributed by atoms with Crippen molar-refractivity contribution in [3.63, 3.8) is 0 Å². The maximum absolute atomic E-state index is 13.6. The Morgan fingerprint density at radius 2 is 1.59 bits per heavy atom. The Labute approximate surface area is 220 Å². The van der Waals surface area contributed by atoms with Crippen LogP contribution in [0, 0.1) is 11.8 Å². The van der Waals surface area contributed by atoms with Gasteiger partial charge in [-0.2, -0.15) is 0 Å². The van der Waals surface area contributed by atoms with Gasteiger partial charge >= 0.3 is 0 Å². The molecule has 0 saturated heterocycles. The standard InChI is InChI=1S/C29H42N6O2/c1-20(2)13-17-34(18-14-21(3)4)28(37)23-9-12-25-26(19-23)35(16-6-15-30)29(33-25)32-24-10-7-22(8-11-24)27(36)31-5/h7-12,19-21H,6,13-18,30H2,1-5H3,(H,31,36)(H,32,33). The Kier molecular flexibility index (Phi) is 10.1. The fraction of sp³-hybridized carbons (Fsp3) is 0.483. The number of carbonyl (C=O) groups excluding carboxylic acids is 2. The van der Waals surface area contributed by atoms with Gasteiger partial charge in [-0.3, -0.25) is 9.59 Å². The normalized spacial score (nSPS) is 11.4. The molecule has 0 unspecified atom stereocenters. The number of nitrogens with zero attached hydrogens (tertiary/aromatic N) is 3. The molecule has 3 rings (SSSR count). The quantitative estimate of drug-likeness (QED) is 0.302. The summed E-state index contributed by atoms with van der Waals surface area (Å²) in [5.74, 6) is 1.68. The second-order valence-corrected chi connectivity index (χ2v) is 10.4. The van der Waals surface area contributed by atoms with E-state index in [4.69, 9.17) is 10.7 Å². The Bertz CT molecular complexity index is 1170. The Hall–Kier alpha value is -3.39. The number of benzene rings is 2. The number of aromatic nitrogens is 2. The zero-order valence-electron chi connectivity index (χ0n) is 22.9. The number of anilines is 2. The van der Waals surface area contributed by atoms with Gasteiger partial charge < -0.3 is 25.8 Å². The van der Waals surface area contributed by atoms with Gasteiger partial charge in [-0.25, -0.2) is 4.98 Å². The molecule has 200 valence electrons. The van der Waals surface area contributed by atoms with Gasteiger partial charge in [-0.05, 0) is 80.1 Å². The number of rotatable bonds is 13. The summed E-state index contributed by atoms with van der Waals surface area (Å²) in [4.78, 5) is 32.2. The molecule has 0 bridgehead atoms. The Balaban J connectivity index is 1.92. The van der Waals surface area contributed by atoms with Crippen LogP contribution in [0.1, 0.15) is 67.7 Å². The minimum Gasteiger partial charge on any atom is -0.355 e. The number of nitrogens with one attached hydrogen (secondary N) is 2. The number of hydrogen-bond acceptors (Lipinski definition) is 5. The first kappa shape index (κ1) is 28.2. The number of aryl methyl sites for hydroxylation is 1. The topological polar surface area (TPSA) is 105 Å². The van der Waals surface area contributed by atoms with Crippen LogP contribution in [0.2, 0.25) is 0 Å². The number of nitrogens with two attached hydrogens (primary N) is 1. The molecular weight excluding hydrogens is 464 g/mol. The zero-order valence-corrected chi connectivity index (χ0v) is 22.9. The molecule has 1 heterocycles. The first-order valence-electron chi connectivity index (χ1n) is 13.3. The van der Waals surface area contributed by atoms with Crippen LogP contribution in [0.25, 0.3) is 11.0 Å². The van der Waals surface area contributed by atoms with E-state index in [0.717, 1.165) is 49.1 Å². The number of carbonyl (C=O) groups is 2. The number of amides is 2. The summed E-state index contributed by atoms with van der Waals surface area (Å²) in [5, 5.41) is 6.01. The van der Waals surface area contributed by atoms with Crippen molar-refractivity contribution < 1.29 is 9.59 Å². The van der Waals surface area contributed by atoms with Crippen molar-refractivity contribution in [2.45, 2.75) is 53.5 Å². The van der Waals surface area contributed by atoms with Crippen molar-refractivity contribution in [2.24, 2.45) is 17.6 Å². The summed E-state index contributed by atoms with van der Waals surface area (Å²) >= 11 is 0. The molecule has 8 nitrogen and oxygen atoms in total. The van der Waals surface area contributed by atoms with E-state index in [2.05, 4.69) is 42.9 Å². The van der Waals surface area contributed by atoms with Crippen molar-refractivity contribution in [1.29, 1.82) is 0 Å². The van der Waals surface area contributed by atoms with Crippen molar-refractivity contribution in [2.75, 3.05) is 32.0 Å². The largest absolute Gasteiger partial charge is 0.355 e. The van der Waals surface area contributed by atoms with Crippen molar-refractivity contribution in [3.8, 4) is 0 Å². The van der Waals surface area contributed by atoms with Crippen LogP contribution in [0.3, 0.4) is 0 Å². The highest BCUT2D eigenvalue weighted by Gasteiger charge is 2.19. The Morgan fingerprint density at radius 3 is 2.16 bits per heavy atom. The lowest BCUT2D eigenvalue weighted by Gasteiger charge is -2.24. The van der Waals surface area contributed by atoms with E-state index in [1.807, 2.05) is 35.2 Å². The predicted octanol–water partition coefficient (Wildman–Crippen LogP) is 5.02. The smallest absolute Gasteiger partial charge is 0.253 e. The molecule has 8 heteroatoms. The lowest BCUT2D eigenvalue weighted by atomic mass is 10.1. The van der Waals surface area contributed by atoms with Crippen molar-refractivity contribution >= 4 is 34.5 Å². The molecule has 37 heavy (non-hydrogen) atoms. The number of imidazole rings is 1. The zero-order chi connectivity index (χ0) is 26.9. The van der Waals surface area contributed by atoms with Crippen LogP contribution < -0.4 is 16.4 Å². The van der Waals surface area contributed by atoms with E-state index in [9.17, 15) is 9.59 Å². The van der Waals surface area contributed by atoms with E-state index < -0.39 is 0 Å². The highest BCUT2D eigenvalue weighted by molar-refractivity contribution is 5.98. The van der Waals surface area contributed by atoms with E-state index in [-0.39, 0.29) is 11.8 Å². The van der Waals surface area contributed by atoms with Crippen LogP contribution in [0.4, 0.5) is 11.6 Å². The van der Waals surface area contributed by atoms with Gasteiger partial charge in [0.1, 0.15) is 0 Å². The average Bonchev–Trinajstić information content (AvgIpc) is 3.22. The minimum absolute atomic E-state index is 0.0640. The Morgan fingerprint density at radius 1 is 0.973 bits per heavy atom. The lowest BCUT2D eigenvalue weighted by molar-refractivity contribution is 0.0740. The first-order chi connectivity index (χ1) is 17.7. The molecular formula is C29H42N6O2. The van der Waals surface area contributed by atoms with E-state index >= 15 is 0 Å². The highest BCUT2D eigenvalue weighted by Crippen LogP contribution is 2.25. The summed E-state index contributed by atoms with van der Waals surface area (Å²) in [6, 6.07) is 13.0. The minimum atomic E-state index is -0.130. The molecule has 3 aromatic rings. The van der Waals surface area contributed by atoms with Crippen LogP contribution >= 0.6 is 0 Å². The molecule has 2 aromatic carbocycles. The molecule has 1 aromatic heterocycles. The fourth-order valence-corrected chi connectivity index (χ4v) is 4.13. The maximum Gasteiger partial charge on any atom is 0.253 e. The SMILES string of the molecule is CNC(=O)c1ccc(Nc2nc3ccc(C(=O)N(CCC(C)C)CCC(C)C)cc3n2CCCN)cc1. The molecule has 0 radical (unpaired) electrons. The molecule has 0 fully saturated rings. The first-order valence-corrected chi connectivity index (χ1v) is 13.3. The highest BCUT2D eigenvalue weighted by atomic mass is 16.2. The van der Waals surface area contributed by atoms with Crippen molar-refractivity contribution in [1.82, 2.24) is 19.8 Å². The molecule has 0 aliphatic carbocycles. The average molecular weight is 507 g/mol. The lowest BCUT2D eigenvalue weighted by Crippen LogP contribution is -2.34. The van der Waals surface area contributed by atoms with Crippen molar-refractivity contribution in [3.05, 3.63) is 53.6 Å². The van der Waals surface area contributed by atoms with Gasteiger partial charge in [-0.15, -0.1) is 0 Å². The van der Waals surface area contributed by atoms with Gasteiger partial charge in [0.2, 0.25) is 5.95 Å². The van der Waals surface area contributed by atoms with Gasteiger partial charge in [0.25, 0.3) is 11.8 Å². The maximum atomic E-state index is 13.6. The van der Waals surface area contributed by atoms with E-state index in [1.54, 1.807) is 19.2 Å². The van der Waals surface area contributed by atoms with Crippen LogP contribution in [-0.4, -0.2) is 52.9 Å². The third-order valence-electron chi connectivity index (χ3n) is 6.45. The van der Waals surface area contributed by atoms with Crippen LogP contribution in [-0.2, 0) is 6.54 Å². The molecule has 0 spiro atoms. The molecule has 0 atom stereocenters. The predicted molar refractivity (Wildman–Crippen MR) is 151 cm³/mol. The third-order valence-corrected chi connectivity index (χ3v) is 6.45. The molecule has 0 aliphatic rings. The van der Waals surface area contributed by atoms with Gasteiger partial charge in [0.05, 0.1) is 11.0 Å². The second-order valence-electron chi connectivity index (χ2n) is 10.4. The van der Waals surface area contributed by atoms with Gasteiger partial charge in [0, 0.05) is 43.5 Å². The number of hydrogen-bond donors (Lipinski definition) is 3. The molecule has 4 N–H and O–H groups in total. The summed E-state index contributed by atoms with van der Waals surface area (Å²) < 4.78 is 2.08. The van der Waals surface area contributed by atoms with Crippen LogP contribution in [0.15, 0.2) is 42.5 Å². The van der Waals surface area contributed by atoms with Gasteiger partial charge in [0.15, 0.2) is 0 Å². The molecule has 0 saturated carbocycles. The van der Waals surface area contributed by atoms with Gasteiger partial charge in [-0.1, -0.05) is 27.7 Å².